The first kappa shape index (κ1) is 16.9. The highest BCUT2D eigenvalue weighted by atomic mass is 16.5. The van der Waals surface area contributed by atoms with Crippen LogP contribution in [0.1, 0.15) is 39.5 Å². The lowest BCUT2D eigenvalue weighted by Crippen LogP contribution is -2.45. The number of aliphatic hydroxyl groups excluding tert-OH is 1. The number of allylic oxidation sites excluding steroid dienone is 2. The molecule has 3 unspecified atom stereocenters. The van der Waals surface area contributed by atoms with Crippen molar-refractivity contribution in [3.63, 3.8) is 0 Å². The van der Waals surface area contributed by atoms with Crippen LogP contribution in [0.15, 0.2) is 47.9 Å². The van der Waals surface area contributed by atoms with Crippen LogP contribution >= 0.6 is 0 Å². The Bertz CT molecular complexity index is 679. The van der Waals surface area contributed by atoms with Crippen molar-refractivity contribution >= 4 is 0 Å². The maximum absolute atomic E-state index is 10.2. The quantitative estimate of drug-likeness (QED) is 0.773. The normalized spacial score (nSPS) is 45.0. The molecule has 0 saturated carbocycles. The molecule has 4 heteroatoms. The minimum atomic E-state index is -0.421. The third-order valence-corrected chi connectivity index (χ3v) is 6.63. The summed E-state index contributed by atoms with van der Waals surface area (Å²) in [6.45, 7) is 8.40. The lowest BCUT2D eigenvalue weighted by Gasteiger charge is -2.40. The van der Waals surface area contributed by atoms with E-state index in [1.807, 2.05) is 12.2 Å². The van der Waals surface area contributed by atoms with E-state index in [2.05, 4.69) is 37.9 Å². The molecule has 25 heavy (non-hydrogen) atoms. The highest BCUT2D eigenvalue weighted by Crippen LogP contribution is 2.59. The first-order chi connectivity index (χ1) is 11.9. The molecule has 136 valence electrons. The van der Waals surface area contributed by atoms with Gasteiger partial charge in [-0.05, 0) is 44.8 Å². The zero-order valence-corrected chi connectivity index (χ0v) is 15.4. The summed E-state index contributed by atoms with van der Waals surface area (Å²) in [7, 11) is 1.72. The van der Waals surface area contributed by atoms with Crippen molar-refractivity contribution in [3.8, 4) is 0 Å². The van der Waals surface area contributed by atoms with E-state index in [0.29, 0.717) is 6.42 Å². The van der Waals surface area contributed by atoms with Crippen molar-refractivity contribution in [1.82, 2.24) is 5.32 Å². The molecule has 4 nitrogen and oxygen atoms in total. The second kappa shape index (κ2) is 5.75. The Morgan fingerprint density at radius 2 is 2.28 bits per heavy atom. The van der Waals surface area contributed by atoms with Gasteiger partial charge in [0.05, 0.1) is 19.3 Å². The number of hydrogen-bond acceptors (Lipinski definition) is 4. The van der Waals surface area contributed by atoms with E-state index >= 15 is 0 Å². The van der Waals surface area contributed by atoms with Gasteiger partial charge in [0.2, 0.25) is 0 Å². The summed E-state index contributed by atoms with van der Waals surface area (Å²) in [6.07, 6.45) is 11.5. The molecule has 2 fully saturated rings. The van der Waals surface area contributed by atoms with E-state index < -0.39 is 6.10 Å². The number of ether oxygens (including phenoxy) is 2. The van der Waals surface area contributed by atoms with Crippen LogP contribution in [0.4, 0.5) is 0 Å². The summed E-state index contributed by atoms with van der Waals surface area (Å²) in [5.41, 5.74) is 2.41. The molecule has 0 aromatic heterocycles. The number of methoxy groups -OCH3 is 1. The molecule has 2 aliphatic carbocycles. The molecule has 1 spiro atoms. The van der Waals surface area contributed by atoms with Crippen molar-refractivity contribution < 1.29 is 14.6 Å². The monoisotopic (exact) mass is 343 g/mol. The van der Waals surface area contributed by atoms with Crippen molar-refractivity contribution in [3.05, 3.63) is 47.9 Å². The number of nitrogens with one attached hydrogen (secondary N) is 1. The molecule has 2 N–H and O–H groups in total. The van der Waals surface area contributed by atoms with E-state index in [1.54, 1.807) is 7.11 Å². The Morgan fingerprint density at radius 3 is 3.00 bits per heavy atom. The molecular formula is C21H29NO3. The predicted octanol–water partition coefficient (Wildman–Crippen LogP) is 3.21. The van der Waals surface area contributed by atoms with Gasteiger partial charge in [0.25, 0.3) is 0 Å². The molecule has 4 rings (SSSR count). The molecule has 0 bridgehead atoms. The Morgan fingerprint density at radius 1 is 1.48 bits per heavy atom. The van der Waals surface area contributed by atoms with E-state index in [4.69, 9.17) is 9.47 Å². The molecule has 2 saturated heterocycles. The van der Waals surface area contributed by atoms with E-state index in [1.165, 1.54) is 11.3 Å². The van der Waals surface area contributed by atoms with Gasteiger partial charge in [-0.3, -0.25) is 0 Å². The van der Waals surface area contributed by atoms with Gasteiger partial charge in [0.15, 0.2) is 0 Å². The topological polar surface area (TPSA) is 50.7 Å². The zero-order chi connectivity index (χ0) is 17.8. The zero-order valence-electron chi connectivity index (χ0n) is 15.4. The van der Waals surface area contributed by atoms with Gasteiger partial charge in [0.1, 0.15) is 11.9 Å². The minimum Gasteiger partial charge on any atom is -0.498 e. The third kappa shape index (κ3) is 2.42. The Hall–Kier alpha value is -1.52. The van der Waals surface area contributed by atoms with Crippen LogP contribution in [0, 0.1) is 11.3 Å². The lowest BCUT2D eigenvalue weighted by molar-refractivity contribution is -0.0160. The lowest BCUT2D eigenvalue weighted by atomic mass is 9.63. The van der Waals surface area contributed by atoms with Crippen LogP contribution in [-0.2, 0) is 9.47 Å². The molecule has 2 aliphatic heterocycles. The Kier molecular flexibility index (Phi) is 3.89. The van der Waals surface area contributed by atoms with E-state index in [9.17, 15) is 5.11 Å². The molecule has 6 atom stereocenters. The van der Waals surface area contributed by atoms with Gasteiger partial charge in [0, 0.05) is 29.0 Å². The van der Waals surface area contributed by atoms with Gasteiger partial charge >= 0.3 is 0 Å². The summed E-state index contributed by atoms with van der Waals surface area (Å²) in [4.78, 5) is 0. The first-order valence-electron chi connectivity index (χ1n) is 9.31. The molecule has 0 radical (unpaired) electrons. The standard InChI is InChI=1S/C21H29NO3/c1-5-7-20(3)9-10-21-8-6-14(23)12-16(21)25-19-15(24-4)11-13(2)18(22-20)17(19)21/h5-6,8,11,14,16-17,19,22-23H,1,7,9-10,12H2,2-4H3/t14-,16+,17?,19?,20?,21-/m1/s1. The summed E-state index contributed by atoms with van der Waals surface area (Å²) in [5, 5.41) is 14.0. The van der Waals surface area contributed by atoms with Crippen molar-refractivity contribution in [2.24, 2.45) is 11.3 Å². The van der Waals surface area contributed by atoms with Crippen LogP contribution < -0.4 is 5.32 Å². The van der Waals surface area contributed by atoms with Gasteiger partial charge < -0.3 is 19.9 Å². The second-order valence-electron chi connectivity index (χ2n) is 8.32. The summed E-state index contributed by atoms with van der Waals surface area (Å²) in [6, 6.07) is 0. The molecular weight excluding hydrogens is 314 g/mol. The highest BCUT2D eigenvalue weighted by Gasteiger charge is 2.61. The Labute approximate surface area is 150 Å². The van der Waals surface area contributed by atoms with Crippen molar-refractivity contribution in [1.29, 1.82) is 0 Å². The third-order valence-electron chi connectivity index (χ3n) is 6.63. The fraction of sp³-hybridized carbons (Fsp3) is 0.619. The number of hydrogen-bond donors (Lipinski definition) is 2. The van der Waals surface area contributed by atoms with Crippen LogP contribution in [0.3, 0.4) is 0 Å². The maximum Gasteiger partial charge on any atom is 0.125 e. The van der Waals surface area contributed by atoms with Crippen molar-refractivity contribution in [2.45, 2.75) is 63.4 Å². The number of rotatable bonds is 3. The average molecular weight is 343 g/mol. The summed E-state index contributed by atoms with van der Waals surface area (Å²) in [5.74, 6) is 1.12. The van der Waals surface area contributed by atoms with E-state index in [0.717, 1.165) is 25.0 Å². The first-order valence-corrected chi connectivity index (χ1v) is 9.31. The van der Waals surface area contributed by atoms with Crippen LogP contribution in [0.25, 0.3) is 0 Å². The van der Waals surface area contributed by atoms with Gasteiger partial charge in [-0.15, -0.1) is 6.58 Å². The van der Waals surface area contributed by atoms with Crippen molar-refractivity contribution in [2.75, 3.05) is 7.11 Å². The maximum atomic E-state index is 10.2. The number of aliphatic hydroxyl groups is 1. The van der Waals surface area contributed by atoms with Crippen LogP contribution in [0.2, 0.25) is 0 Å². The largest absolute Gasteiger partial charge is 0.498 e. The molecule has 4 aliphatic rings. The fourth-order valence-electron chi connectivity index (χ4n) is 5.31. The molecule has 0 amide bonds. The average Bonchev–Trinajstić information content (AvgIpc) is 2.83. The second-order valence-corrected chi connectivity index (χ2v) is 8.32. The van der Waals surface area contributed by atoms with Gasteiger partial charge in [-0.2, -0.15) is 0 Å². The molecule has 0 aromatic rings. The molecule has 2 heterocycles. The van der Waals surface area contributed by atoms with E-state index in [-0.39, 0.29) is 29.1 Å². The highest BCUT2D eigenvalue weighted by molar-refractivity contribution is 5.42. The van der Waals surface area contributed by atoms with Crippen LogP contribution in [0.5, 0.6) is 0 Å². The summed E-state index contributed by atoms with van der Waals surface area (Å²) < 4.78 is 12.2. The fourth-order valence-corrected chi connectivity index (χ4v) is 5.31. The summed E-state index contributed by atoms with van der Waals surface area (Å²) >= 11 is 0. The van der Waals surface area contributed by atoms with Crippen LogP contribution in [-0.4, -0.2) is 36.1 Å². The predicted molar refractivity (Wildman–Crippen MR) is 97.7 cm³/mol. The minimum absolute atomic E-state index is 0.00511. The van der Waals surface area contributed by atoms with Gasteiger partial charge in [-0.25, -0.2) is 0 Å². The molecule has 0 aromatic carbocycles. The smallest absolute Gasteiger partial charge is 0.125 e. The SMILES string of the molecule is C=CCC1(C)CC[C@]23C=C[C@@H](O)C[C@@H]2OC2C(OC)=CC(C)=C(N1)C23. The Balaban J connectivity index is 1.87. The van der Waals surface area contributed by atoms with Gasteiger partial charge in [-0.1, -0.05) is 18.2 Å².